The number of benzene rings is 3. The van der Waals surface area contributed by atoms with Crippen LogP contribution in [0.5, 0.6) is 0 Å². The molecule has 0 spiro atoms. The molecule has 0 bridgehead atoms. The molecule has 3 aromatic carbocycles. The van der Waals surface area contributed by atoms with Gasteiger partial charge in [0, 0.05) is 38.0 Å². The quantitative estimate of drug-likeness (QED) is 0.267. The molecule has 0 saturated carbocycles. The summed E-state index contributed by atoms with van der Waals surface area (Å²) in [5.74, 6) is 0. The minimum absolute atomic E-state index is 0.683. The van der Waals surface area contributed by atoms with E-state index in [1.807, 2.05) is 79.0 Å². The van der Waals surface area contributed by atoms with Crippen molar-refractivity contribution < 1.29 is 0 Å². The van der Waals surface area contributed by atoms with Gasteiger partial charge in [0.1, 0.15) is 0 Å². The number of fused-ring (bicyclic) bond motifs is 1. The highest BCUT2D eigenvalue weighted by Gasteiger charge is 2.21. The molecule has 2 heterocycles. The Morgan fingerprint density at radius 1 is 0.724 bits per heavy atom. The lowest BCUT2D eigenvalue weighted by Gasteiger charge is -2.08. The Hall–Kier alpha value is -2.30. The van der Waals surface area contributed by atoms with Crippen LogP contribution in [0.3, 0.4) is 0 Å². The summed E-state index contributed by atoms with van der Waals surface area (Å²) in [6, 6.07) is 23.3. The van der Waals surface area contributed by atoms with Gasteiger partial charge in [-0.1, -0.05) is 94.7 Å². The average molecular weight is 456 g/mol. The van der Waals surface area contributed by atoms with E-state index < -0.39 is 0 Å². The van der Waals surface area contributed by atoms with Crippen molar-refractivity contribution in [3.8, 4) is 33.0 Å². The van der Waals surface area contributed by atoms with Gasteiger partial charge in [-0.25, -0.2) is 4.98 Å². The number of thiazole rings is 1. The Labute approximate surface area is 186 Å². The number of nitrogens with zero attached hydrogens (tertiary/aromatic N) is 2. The SMILES string of the molecule is Clc1ccc(-c2cn3c(-c4ccccc4Cl)c(-c4ccccc4Cl)sc3n2)cc1. The van der Waals surface area contributed by atoms with E-state index >= 15 is 0 Å². The second-order valence-corrected chi connectivity index (χ2v) is 8.75. The number of hydrogen-bond acceptors (Lipinski definition) is 2. The fraction of sp³-hybridized carbons (Fsp3) is 0. The van der Waals surface area contributed by atoms with Crippen LogP contribution < -0.4 is 0 Å². The van der Waals surface area contributed by atoms with Gasteiger partial charge in [0.25, 0.3) is 0 Å². The normalized spacial score (nSPS) is 11.3. The smallest absolute Gasteiger partial charge is 0.195 e. The first-order valence-corrected chi connectivity index (χ1v) is 10.8. The van der Waals surface area contributed by atoms with Gasteiger partial charge in [0.05, 0.1) is 16.3 Å². The first kappa shape index (κ1) is 18.7. The maximum Gasteiger partial charge on any atom is 0.195 e. The van der Waals surface area contributed by atoms with Crippen molar-refractivity contribution in [2.75, 3.05) is 0 Å². The number of imidazole rings is 1. The van der Waals surface area contributed by atoms with Gasteiger partial charge < -0.3 is 0 Å². The topological polar surface area (TPSA) is 17.3 Å². The van der Waals surface area contributed by atoms with Gasteiger partial charge in [-0.3, -0.25) is 4.40 Å². The highest BCUT2D eigenvalue weighted by atomic mass is 35.5. The molecule has 0 amide bonds. The maximum absolute atomic E-state index is 6.58. The van der Waals surface area contributed by atoms with Crippen molar-refractivity contribution in [2.45, 2.75) is 0 Å². The Balaban J connectivity index is 1.79. The molecule has 0 aliphatic rings. The summed E-state index contributed by atoms with van der Waals surface area (Å²) >= 11 is 20.7. The fourth-order valence-electron chi connectivity index (χ4n) is 3.34. The van der Waals surface area contributed by atoms with E-state index in [9.17, 15) is 0 Å². The Morgan fingerprint density at radius 3 is 2.00 bits per heavy atom. The number of rotatable bonds is 3. The van der Waals surface area contributed by atoms with E-state index in [-0.39, 0.29) is 0 Å². The minimum atomic E-state index is 0.683. The van der Waals surface area contributed by atoms with E-state index in [0.717, 1.165) is 37.9 Å². The van der Waals surface area contributed by atoms with Crippen LogP contribution in [0, 0.1) is 0 Å². The molecular weight excluding hydrogens is 443 g/mol. The number of halogens is 3. The van der Waals surface area contributed by atoms with E-state index in [1.54, 1.807) is 11.3 Å². The highest BCUT2D eigenvalue weighted by Crippen LogP contribution is 2.44. The molecule has 0 N–H and O–H groups in total. The minimum Gasteiger partial charge on any atom is -0.289 e. The largest absolute Gasteiger partial charge is 0.289 e. The van der Waals surface area contributed by atoms with E-state index in [0.29, 0.717) is 15.1 Å². The molecule has 0 saturated heterocycles. The van der Waals surface area contributed by atoms with Crippen LogP contribution in [0.1, 0.15) is 0 Å². The molecule has 142 valence electrons. The molecule has 0 atom stereocenters. The van der Waals surface area contributed by atoms with Crippen LogP contribution >= 0.6 is 46.1 Å². The number of hydrogen-bond donors (Lipinski definition) is 0. The van der Waals surface area contributed by atoms with Crippen LogP contribution in [0.25, 0.3) is 37.9 Å². The first-order valence-electron chi connectivity index (χ1n) is 8.89. The molecule has 2 nitrogen and oxygen atoms in total. The molecule has 0 radical (unpaired) electrons. The van der Waals surface area contributed by atoms with E-state index in [2.05, 4.69) is 4.40 Å². The predicted molar refractivity (Wildman–Crippen MR) is 124 cm³/mol. The lowest BCUT2D eigenvalue weighted by atomic mass is 10.1. The second-order valence-electron chi connectivity index (χ2n) is 6.53. The van der Waals surface area contributed by atoms with Gasteiger partial charge >= 0.3 is 0 Å². The lowest BCUT2D eigenvalue weighted by molar-refractivity contribution is 1.24. The molecule has 0 unspecified atom stereocenters. The monoisotopic (exact) mass is 454 g/mol. The summed E-state index contributed by atoms with van der Waals surface area (Å²) < 4.78 is 2.09. The van der Waals surface area contributed by atoms with Crippen LogP contribution in [-0.4, -0.2) is 9.38 Å². The van der Waals surface area contributed by atoms with Crippen LogP contribution in [-0.2, 0) is 0 Å². The third kappa shape index (κ3) is 3.34. The van der Waals surface area contributed by atoms with Gasteiger partial charge in [-0.15, -0.1) is 0 Å². The summed E-state index contributed by atoms with van der Waals surface area (Å²) in [5.41, 5.74) is 4.78. The van der Waals surface area contributed by atoms with Gasteiger partial charge in [-0.05, 0) is 24.3 Å². The zero-order valence-corrected chi connectivity index (χ0v) is 18.0. The van der Waals surface area contributed by atoms with Gasteiger partial charge in [0.2, 0.25) is 0 Å². The molecular formula is C23H13Cl3N2S. The molecule has 0 fully saturated rings. The predicted octanol–water partition coefficient (Wildman–Crippen LogP) is 8.36. The van der Waals surface area contributed by atoms with Crippen molar-refractivity contribution >= 4 is 51.1 Å². The van der Waals surface area contributed by atoms with Gasteiger partial charge in [0.15, 0.2) is 4.96 Å². The second kappa shape index (κ2) is 7.51. The molecule has 29 heavy (non-hydrogen) atoms. The Morgan fingerprint density at radius 2 is 1.34 bits per heavy atom. The lowest BCUT2D eigenvalue weighted by Crippen LogP contribution is -1.89. The van der Waals surface area contributed by atoms with E-state index in [1.165, 1.54) is 0 Å². The zero-order valence-electron chi connectivity index (χ0n) is 14.9. The van der Waals surface area contributed by atoms with Crippen molar-refractivity contribution in [3.63, 3.8) is 0 Å². The fourth-order valence-corrected chi connectivity index (χ4v) is 5.14. The standard InChI is InChI=1S/C23H13Cl3N2S/c24-15-11-9-14(10-12-15)20-13-28-21(16-5-1-3-7-18(16)25)22(29-23(28)27-20)17-6-2-4-8-19(17)26/h1-13H. The van der Waals surface area contributed by atoms with Crippen molar-refractivity contribution in [1.82, 2.24) is 9.38 Å². The van der Waals surface area contributed by atoms with Crippen molar-refractivity contribution in [1.29, 1.82) is 0 Å². The Bertz CT molecular complexity index is 1340. The molecule has 5 aromatic rings. The summed E-state index contributed by atoms with van der Waals surface area (Å²) in [6.07, 6.45) is 2.04. The third-order valence-corrected chi connectivity index (χ3v) is 6.71. The average Bonchev–Trinajstić information content (AvgIpc) is 3.28. The van der Waals surface area contributed by atoms with E-state index in [4.69, 9.17) is 39.8 Å². The summed E-state index contributed by atoms with van der Waals surface area (Å²) in [7, 11) is 0. The van der Waals surface area contributed by atoms with Gasteiger partial charge in [-0.2, -0.15) is 0 Å². The molecule has 0 aliphatic carbocycles. The van der Waals surface area contributed by atoms with Crippen LogP contribution in [0.2, 0.25) is 15.1 Å². The number of aromatic nitrogens is 2. The summed E-state index contributed by atoms with van der Waals surface area (Å²) in [5, 5.41) is 2.08. The van der Waals surface area contributed by atoms with Crippen molar-refractivity contribution in [3.05, 3.63) is 94.1 Å². The highest BCUT2D eigenvalue weighted by molar-refractivity contribution is 7.21. The molecule has 6 heteroatoms. The first-order chi connectivity index (χ1) is 14.1. The summed E-state index contributed by atoms with van der Waals surface area (Å²) in [4.78, 5) is 6.77. The van der Waals surface area contributed by atoms with Crippen molar-refractivity contribution in [2.24, 2.45) is 0 Å². The molecule has 0 aliphatic heterocycles. The Kier molecular flexibility index (Phi) is 4.84. The summed E-state index contributed by atoms with van der Waals surface area (Å²) in [6.45, 7) is 0. The van der Waals surface area contributed by atoms with Crippen LogP contribution in [0.4, 0.5) is 0 Å². The molecule has 2 aromatic heterocycles. The zero-order chi connectivity index (χ0) is 20.0. The van der Waals surface area contributed by atoms with Crippen LogP contribution in [0.15, 0.2) is 79.0 Å². The third-order valence-electron chi connectivity index (χ3n) is 4.71. The maximum atomic E-state index is 6.58. The molecule has 5 rings (SSSR count).